The number of carbonyl (C=O) groups is 3. The van der Waals surface area contributed by atoms with Gasteiger partial charge < -0.3 is 20.4 Å². The number of nitrogens with zero attached hydrogens (tertiary/aromatic N) is 2. The third-order valence-electron chi connectivity index (χ3n) is 4.96. The summed E-state index contributed by atoms with van der Waals surface area (Å²) in [6.45, 7) is 3.20. The molecule has 2 aromatic rings. The second-order valence-corrected chi connectivity index (χ2v) is 7.69. The van der Waals surface area contributed by atoms with Crippen LogP contribution < -0.4 is 5.32 Å². The molecule has 1 aliphatic rings. The summed E-state index contributed by atoms with van der Waals surface area (Å²) in [4.78, 5) is 41.8. The van der Waals surface area contributed by atoms with Gasteiger partial charge in [0.25, 0.3) is 11.8 Å². The van der Waals surface area contributed by atoms with Gasteiger partial charge in [-0.3, -0.25) is 19.4 Å². The van der Waals surface area contributed by atoms with Crippen molar-refractivity contribution >= 4 is 17.8 Å². The van der Waals surface area contributed by atoms with E-state index in [0.717, 1.165) is 16.8 Å². The highest BCUT2D eigenvalue weighted by Gasteiger charge is 2.42. The molecule has 1 aliphatic heterocycles. The van der Waals surface area contributed by atoms with Gasteiger partial charge in [0.1, 0.15) is 17.9 Å². The molecule has 3 N–H and O–H groups in total. The van der Waals surface area contributed by atoms with Crippen LogP contribution in [0.5, 0.6) is 0 Å². The molecule has 8 heteroatoms. The van der Waals surface area contributed by atoms with E-state index in [4.69, 9.17) is 5.11 Å². The maximum Gasteiger partial charge on any atom is 0.322 e. The lowest BCUT2D eigenvalue weighted by atomic mass is 9.88. The molecule has 1 aromatic heterocycles. The van der Waals surface area contributed by atoms with E-state index >= 15 is 0 Å². The van der Waals surface area contributed by atoms with Crippen molar-refractivity contribution in [3.05, 3.63) is 65.6 Å². The van der Waals surface area contributed by atoms with Crippen LogP contribution in [0.2, 0.25) is 0 Å². The number of carboxylic acid groups (broad SMARTS) is 1. The molecule has 156 valence electrons. The summed E-state index contributed by atoms with van der Waals surface area (Å²) in [5.41, 5.74) is 1.49. The summed E-state index contributed by atoms with van der Waals surface area (Å²) in [5, 5.41) is 21.1. The first-order chi connectivity index (χ1) is 14.2. The largest absolute Gasteiger partial charge is 0.511 e. The second kappa shape index (κ2) is 8.36. The number of aliphatic hydroxyl groups excluding tert-OH is 1. The van der Waals surface area contributed by atoms with Crippen LogP contribution in [0.25, 0.3) is 11.3 Å². The van der Waals surface area contributed by atoms with Gasteiger partial charge in [0.05, 0.1) is 5.69 Å². The number of aromatic nitrogens is 1. The Kier molecular flexibility index (Phi) is 5.86. The van der Waals surface area contributed by atoms with Gasteiger partial charge in [-0.1, -0.05) is 30.3 Å². The third-order valence-corrected chi connectivity index (χ3v) is 4.96. The molecule has 0 saturated heterocycles. The molecule has 0 spiro atoms. The fraction of sp³-hybridized carbons (Fsp3) is 0.273. The molecule has 30 heavy (non-hydrogen) atoms. The zero-order valence-corrected chi connectivity index (χ0v) is 16.8. The van der Waals surface area contributed by atoms with Gasteiger partial charge >= 0.3 is 5.97 Å². The van der Waals surface area contributed by atoms with Gasteiger partial charge in [-0.25, -0.2) is 0 Å². The molecule has 0 bridgehead atoms. The Morgan fingerprint density at radius 1 is 1.17 bits per heavy atom. The summed E-state index contributed by atoms with van der Waals surface area (Å²) in [6.07, 6.45) is 1.80. The highest BCUT2D eigenvalue weighted by molar-refractivity contribution is 6.19. The summed E-state index contributed by atoms with van der Waals surface area (Å²) in [7, 11) is 0. The number of benzene rings is 1. The Morgan fingerprint density at radius 2 is 1.87 bits per heavy atom. The lowest BCUT2D eigenvalue weighted by Gasteiger charge is -2.42. The number of pyridine rings is 1. The van der Waals surface area contributed by atoms with Crippen molar-refractivity contribution in [2.24, 2.45) is 0 Å². The molecule has 0 unspecified atom stereocenters. The normalized spacial score (nSPS) is 15.8. The van der Waals surface area contributed by atoms with E-state index in [1.807, 2.05) is 42.5 Å². The minimum absolute atomic E-state index is 0.0839. The highest BCUT2D eigenvalue weighted by atomic mass is 16.4. The summed E-state index contributed by atoms with van der Waals surface area (Å²) < 4.78 is 0. The van der Waals surface area contributed by atoms with Crippen LogP contribution in [-0.2, 0) is 20.9 Å². The van der Waals surface area contributed by atoms with Gasteiger partial charge in [-0.15, -0.1) is 0 Å². The summed E-state index contributed by atoms with van der Waals surface area (Å²) >= 11 is 0. The molecule has 0 atom stereocenters. The van der Waals surface area contributed by atoms with Crippen molar-refractivity contribution in [1.29, 1.82) is 0 Å². The Balaban J connectivity index is 1.81. The van der Waals surface area contributed by atoms with Crippen LogP contribution in [0.15, 0.2) is 60.0 Å². The lowest BCUT2D eigenvalue weighted by molar-refractivity contribution is -0.140. The quantitative estimate of drug-likeness (QED) is 0.630. The molecule has 3 rings (SSSR count). The molecule has 1 aromatic carbocycles. The zero-order chi connectivity index (χ0) is 21.9. The maximum absolute atomic E-state index is 13.0. The number of hydrogen-bond acceptors (Lipinski definition) is 5. The Labute approximate surface area is 173 Å². The maximum atomic E-state index is 13.0. The number of carboxylic acids is 1. The van der Waals surface area contributed by atoms with Crippen LogP contribution in [-0.4, -0.2) is 50.0 Å². The average molecular weight is 409 g/mol. The van der Waals surface area contributed by atoms with E-state index < -0.39 is 35.4 Å². The monoisotopic (exact) mass is 409 g/mol. The second-order valence-electron chi connectivity index (χ2n) is 7.69. The van der Waals surface area contributed by atoms with E-state index in [1.54, 1.807) is 20.0 Å². The number of nitrogens with one attached hydrogen (secondary N) is 1. The van der Waals surface area contributed by atoms with Crippen molar-refractivity contribution in [3.8, 4) is 11.3 Å². The molecule has 0 aliphatic carbocycles. The van der Waals surface area contributed by atoms with Crippen LogP contribution in [0.1, 0.15) is 25.8 Å². The Bertz CT molecular complexity index is 997. The minimum atomic E-state index is -1.24. The average Bonchev–Trinajstić information content (AvgIpc) is 2.70. The van der Waals surface area contributed by atoms with E-state index in [-0.39, 0.29) is 18.7 Å². The standard InChI is InChI=1S/C22H23N3O5/c1-22(2)11-17(26)19(20(29)24-12-18(27)28)21(30)25(22)13-14-6-8-15(9-7-14)16-5-3-4-10-23-16/h3-10,26H,11-13H2,1-2H3,(H,24,29)(H,27,28). The number of hydrogen-bond donors (Lipinski definition) is 3. The molecule has 2 heterocycles. The number of rotatable bonds is 6. The van der Waals surface area contributed by atoms with E-state index in [0.29, 0.717) is 0 Å². The van der Waals surface area contributed by atoms with Crippen molar-refractivity contribution in [2.75, 3.05) is 6.54 Å². The molecular formula is C22H23N3O5. The van der Waals surface area contributed by atoms with Crippen LogP contribution in [0.4, 0.5) is 0 Å². The van der Waals surface area contributed by atoms with Crippen LogP contribution in [0, 0.1) is 0 Å². The van der Waals surface area contributed by atoms with E-state index in [1.165, 1.54) is 4.90 Å². The molecule has 0 fully saturated rings. The van der Waals surface area contributed by atoms with Gasteiger partial charge in [-0.2, -0.15) is 0 Å². The van der Waals surface area contributed by atoms with Crippen LogP contribution in [0.3, 0.4) is 0 Å². The van der Waals surface area contributed by atoms with Gasteiger partial charge in [0.15, 0.2) is 0 Å². The molecule has 0 saturated carbocycles. The SMILES string of the molecule is CC1(C)CC(O)=C(C(=O)NCC(=O)O)C(=O)N1Cc1ccc(-c2ccccn2)cc1. The fourth-order valence-corrected chi connectivity index (χ4v) is 3.38. The third kappa shape index (κ3) is 4.48. The Morgan fingerprint density at radius 3 is 2.47 bits per heavy atom. The predicted octanol–water partition coefficient (Wildman–Crippen LogP) is 2.27. The van der Waals surface area contributed by atoms with Crippen LogP contribution >= 0.6 is 0 Å². The zero-order valence-electron chi connectivity index (χ0n) is 16.8. The topological polar surface area (TPSA) is 120 Å². The highest BCUT2D eigenvalue weighted by Crippen LogP contribution is 2.33. The van der Waals surface area contributed by atoms with Crippen molar-refractivity contribution in [2.45, 2.75) is 32.4 Å². The van der Waals surface area contributed by atoms with Crippen molar-refractivity contribution < 1.29 is 24.6 Å². The van der Waals surface area contributed by atoms with Crippen molar-refractivity contribution in [1.82, 2.24) is 15.2 Å². The first-order valence-electron chi connectivity index (χ1n) is 9.43. The first kappa shape index (κ1) is 21.0. The number of amides is 2. The molecule has 8 nitrogen and oxygen atoms in total. The van der Waals surface area contributed by atoms with Gasteiger partial charge in [0.2, 0.25) is 0 Å². The number of aliphatic hydroxyl groups is 1. The minimum Gasteiger partial charge on any atom is -0.511 e. The Hall–Kier alpha value is -3.68. The lowest BCUT2D eigenvalue weighted by Crippen LogP contribution is -2.53. The van der Waals surface area contributed by atoms with Gasteiger partial charge in [-0.05, 0) is 31.5 Å². The van der Waals surface area contributed by atoms with Gasteiger partial charge in [0, 0.05) is 30.3 Å². The van der Waals surface area contributed by atoms with E-state index in [9.17, 15) is 19.5 Å². The van der Waals surface area contributed by atoms with Crippen molar-refractivity contribution in [3.63, 3.8) is 0 Å². The molecular weight excluding hydrogens is 386 g/mol. The fourth-order valence-electron chi connectivity index (χ4n) is 3.38. The number of carbonyl (C=O) groups excluding carboxylic acids is 2. The molecule has 0 radical (unpaired) electrons. The number of aliphatic carboxylic acids is 1. The summed E-state index contributed by atoms with van der Waals surface area (Å²) in [6, 6.07) is 13.2. The smallest absolute Gasteiger partial charge is 0.322 e. The summed E-state index contributed by atoms with van der Waals surface area (Å²) in [5.74, 6) is -3.11. The predicted molar refractivity (Wildman–Crippen MR) is 109 cm³/mol. The van der Waals surface area contributed by atoms with E-state index in [2.05, 4.69) is 10.3 Å². The molecule has 2 amide bonds. The first-order valence-corrected chi connectivity index (χ1v) is 9.43.